The van der Waals surface area contributed by atoms with Crippen LogP contribution in [0.25, 0.3) is 0 Å². The van der Waals surface area contributed by atoms with Gasteiger partial charge in [-0.25, -0.2) is 9.78 Å². The van der Waals surface area contributed by atoms with E-state index in [0.717, 1.165) is 10.6 Å². The Bertz CT molecular complexity index is 1120. The van der Waals surface area contributed by atoms with Crippen molar-refractivity contribution in [3.63, 3.8) is 0 Å². The van der Waals surface area contributed by atoms with Gasteiger partial charge in [0.25, 0.3) is 5.69 Å². The van der Waals surface area contributed by atoms with Crippen LogP contribution in [0.3, 0.4) is 0 Å². The third-order valence-corrected chi connectivity index (χ3v) is 6.39. The van der Waals surface area contributed by atoms with Gasteiger partial charge in [-0.1, -0.05) is 12.1 Å². The van der Waals surface area contributed by atoms with Crippen molar-refractivity contribution in [1.29, 1.82) is 0 Å². The van der Waals surface area contributed by atoms with Crippen molar-refractivity contribution in [3.8, 4) is 0 Å². The minimum Gasteiger partial charge on any atom is -0.466 e. The molecule has 0 fully saturated rings. The van der Waals surface area contributed by atoms with Crippen LogP contribution in [0.1, 0.15) is 48.8 Å². The zero-order valence-corrected chi connectivity index (χ0v) is 21.5. The largest absolute Gasteiger partial charge is 0.466 e. The minimum absolute atomic E-state index is 0.0645. The Kier molecular flexibility index (Phi) is 8.75. The minimum atomic E-state index is -0.932. The number of carbonyl (C=O) groups excluding carboxylic acids is 3. The number of nitro benzene ring substituents is 1. The molecule has 0 saturated carbocycles. The van der Waals surface area contributed by atoms with Crippen molar-refractivity contribution in [2.24, 2.45) is 0 Å². The highest BCUT2D eigenvalue weighted by molar-refractivity contribution is 7.11. The first kappa shape index (κ1) is 27.2. The number of rotatable bonds is 9. The van der Waals surface area contributed by atoms with Crippen LogP contribution < -0.4 is 10.6 Å². The standard InChI is InChI=1S/C24H30N4O7S/c1-5-34-21(29)12-20-26-16-11-17(25-13-19(16)36-20)22(30)18(27-23(31)35-24(2,3)4)10-14-6-8-15(9-7-14)28(32)33/h6-9,17-18,25H,5,10-13H2,1-4H3,(H,27,31)/t17?,18-/m0/s1. The average molecular weight is 519 g/mol. The van der Waals surface area contributed by atoms with Crippen molar-refractivity contribution < 1.29 is 28.8 Å². The summed E-state index contributed by atoms with van der Waals surface area (Å²) in [5.41, 5.74) is 0.573. The van der Waals surface area contributed by atoms with Crippen LogP contribution in [0.4, 0.5) is 10.5 Å². The SMILES string of the molecule is CCOC(=O)Cc1nc2c(s1)CNC(C(=O)[C@H](Cc1ccc([N+](=O)[O-])cc1)NC(=O)OC(C)(C)C)C2. The molecule has 36 heavy (non-hydrogen) atoms. The van der Waals surface area contributed by atoms with Crippen LogP contribution in [-0.2, 0) is 44.9 Å². The summed E-state index contributed by atoms with van der Waals surface area (Å²) in [4.78, 5) is 53.8. The fourth-order valence-electron chi connectivity index (χ4n) is 3.73. The molecule has 12 heteroatoms. The summed E-state index contributed by atoms with van der Waals surface area (Å²) in [6.07, 6.45) is -0.218. The molecule has 1 aromatic carbocycles. The number of Topliss-reactive ketones (excluding diaryl/α,β-unsaturated/α-hetero) is 1. The number of esters is 1. The molecule has 0 bridgehead atoms. The van der Waals surface area contributed by atoms with Gasteiger partial charge in [0.1, 0.15) is 10.6 Å². The Morgan fingerprint density at radius 1 is 1.28 bits per heavy atom. The molecule has 1 unspecified atom stereocenters. The number of thiazole rings is 1. The number of aromatic nitrogens is 1. The van der Waals surface area contributed by atoms with Gasteiger partial charge in [0.15, 0.2) is 5.78 Å². The van der Waals surface area contributed by atoms with Crippen LogP contribution in [0.5, 0.6) is 0 Å². The van der Waals surface area contributed by atoms with E-state index < -0.39 is 28.7 Å². The van der Waals surface area contributed by atoms with E-state index >= 15 is 0 Å². The van der Waals surface area contributed by atoms with Gasteiger partial charge in [0.2, 0.25) is 0 Å². The number of hydrogen-bond donors (Lipinski definition) is 2. The zero-order chi connectivity index (χ0) is 26.5. The summed E-state index contributed by atoms with van der Waals surface area (Å²) in [5, 5.41) is 17.5. The van der Waals surface area contributed by atoms with Gasteiger partial charge in [-0.2, -0.15) is 0 Å². The second-order valence-corrected chi connectivity index (χ2v) is 10.5. The fraction of sp³-hybridized carbons (Fsp3) is 0.500. The molecule has 194 valence electrons. The first-order valence-corrected chi connectivity index (χ1v) is 12.4. The summed E-state index contributed by atoms with van der Waals surface area (Å²) in [6, 6.07) is 4.28. The number of amides is 1. The fourth-order valence-corrected chi connectivity index (χ4v) is 4.77. The van der Waals surface area contributed by atoms with Gasteiger partial charge >= 0.3 is 12.1 Å². The third kappa shape index (κ3) is 7.56. The van der Waals surface area contributed by atoms with Gasteiger partial charge in [0, 0.05) is 30.0 Å². The van der Waals surface area contributed by atoms with E-state index in [1.807, 2.05) is 0 Å². The molecule has 2 N–H and O–H groups in total. The summed E-state index contributed by atoms with van der Waals surface area (Å²) in [5.74, 6) is -0.612. The Hall–Kier alpha value is -3.38. The van der Waals surface area contributed by atoms with E-state index in [-0.39, 0.29) is 30.3 Å². The van der Waals surface area contributed by atoms with Crippen LogP contribution >= 0.6 is 11.3 Å². The average Bonchev–Trinajstić information content (AvgIpc) is 3.18. The van der Waals surface area contributed by atoms with Crippen molar-refractivity contribution in [3.05, 3.63) is 55.5 Å². The van der Waals surface area contributed by atoms with E-state index in [1.54, 1.807) is 39.8 Å². The molecule has 0 spiro atoms. The molecule has 2 heterocycles. The monoisotopic (exact) mass is 518 g/mol. The van der Waals surface area contributed by atoms with Crippen molar-refractivity contribution in [2.75, 3.05) is 6.61 Å². The summed E-state index contributed by atoms with van der Waals surface area (Å²) >= 11 is 1.40. The predicted molar refractivity (Wildman–Crippen MR) is 132 cm³/mol. The Morgan fingerprint density at radius 2 is 1.97 bits per heavy atom. The molecular weight excluding hydrogens is 488 g/mol. The molecule has 1 aromatic heterocycles. The quantitative estimate of drug-likeness (QED) is 0.290. The molecule has 1 amide bonds. The number of carbonyl (C=O) groups is 3. The number of hydrogen-bond acceptors (Lipinski definition) is 10. The summed E-state index contributed by atoms with van der Waals surface area (Å²) in [6.45, 7) is 7.61. The zero-order valence-electron chi connectivity index (χ0n) is 20.7. The van der Waals surface area contributed by atoms with Gasteiger partial charge in [-0.3, -0.25) is 19.7 Å². The Balaban J connectivity index is 1.75. The van der Waals surface area contributed by atoms with Crippen molar-refractivity contribution in [1.82, 2.24) is 15.6 Å². The van der Waals surface area contributed by atoms with Gasteiger partial charge < -0.3 is 20.1 Å². The lowest BCUT2D eigenvalue weighted by molar-refractivity contribution is -0.384. The maximum atomic E-state index is 13.5. The van der Waals surface area contributed by atoms with Crippen molar-refractivity contribution in [2.45, 2.75) is 71.2 Å². The molecule has 11 nitrogen and oxygen atoms in total. The van der Waals surface area contributed by atoms with Crippen LogP contribution in [0, 0.1) is 10.1 Å². The predicted octanol–water partition coefficient (Wildman–Crippen LogP) is 2.88. The van der Waals surface area contributed by atoms with E-state index in [9.17, 15) is 24.5 Å². The first-order chi connectivity index (χ1) is 16.9. The number of alkyl carbamates (subject to hydrolysis) is 1. The number of ketones is 1. The highest BCUT2D eigenvalue weighted by Crippen LogP contribution is 2.25. The maximum Gasteiger partial charge on any atom is 0.408 e. The molecule has 0 radical (unpaired) electrons. The smallest absolute Gasteiger partial charge is 0.408 e. The lowest BCUT2D eigenvalue weighted by Crippen LogP contribution is -2.53. The molecule has 2 atom stereocenters. The molecule has 2 aromatic rings. The second-order valence-electron chi connectivity index (χ2n) is 9.33. The van der Waals surface area contributed by atoms with Gasteiger partial charge in [-0.15, -0.1) is 11.3 Å². The molecule has 1 aliphatic rings. The van der Waals surface area contributed by atoms with E-state index in [1.165, 1.54) is 23.5 Å². The highest BCUT2D eigenvalue weighted by atomic mass is 32.1. The highest BCUT2D eigenvalue weighted by Gasteiger charge is 2.34. The number of nitrogens with one attached hydrogen (secondary N) is 2. The van der Waals surface area contributed by atoms with E-state index in [4.69, 9.17) is 9.47 Å². The summed E-state index contributed by atoms with van der Waals surface area (Å²) < 4.78 is 10.3. The molecule has 0 saturated heterocycles. The number of nitro groups is 1. The van der Waals surface area contributed by atoms with E-state index in [2.05, 4.69) is 15.6 Å². The summed E-state index contributed by atoms with van der Waals surface area (Å²) in [7, 11) is 0. The second kappa shape index (κ2) is 11.6. The number of ether oxygens (including phenoxy) is 2. The first-order valence-electron chi connectivity index (χ1n) is 11.6. The number of benzene rings is 1. The Morgan fingerprint density at radius 3 is 2.58 bits per heavy atom. The lowest BCUT2D eigenvalue weighted by Gasteiger charge is -2.28. The maximum absolute atomic E-state index is 13.5. The van der Waals surface area contributed by atoms with Crippen LogP contribution in [0.2, 0.25) is 0 Å². The van der Waals surface area contributed by atoms with Crippen molar-refractivity contribution >= 4 is 34.9 Å². The number of non-ortho nitro benzene ring substituents is 1. The van der Waals surface area contributed by atoms with Gasteiger partial charge in [-0.05, 0) is 39.7 Å². The normalized spacial score (nSPS) is 15.9. The lowest BCUT2D eigenvalue weighted by atomic mass is 9.93. The number of fused-ring (bicyclic) bond motifs is 1. The van der Waals surface area contributed by atoms with Crippen LogP contribution in [0.15, 0.2) is 24.3 Å². The number of nitrogens with zero attached hydrogens (tertiary/aromatic N) is 2. The van der Waals surface area contributed by atoms with E-state index in [0.29, 0.717) is 30.1 Å². The third-order valence-electron chi connectivity index (χ3n) is 5.29. The molecule has 0 aliphatic carbocycles. The van der Waals surface area contributed by atoms with Gasteiger partial charge in [0.05, 0.1) is 35.7 Å². The Labute approximate surface area is 212 Å². The topological polar surface area (TPSA) is 150 Å². The molecule has 1 aliphatic heterocycles. The van der Waals surface area contributed by atoms with Crippen LogP contribution in [-0.4, -0.2) is 52.0 Å². The molecular formula is C24H30N4O7S. The molecule has 3 rings (SSSR count).